The fourth-order valence-electron chi connectivity index (χ4n) is 2.16. The third-order valence-corrected chi connectivity index (χ3v) is 4.35. The molecule has 0 aromatic heterocycles. The fourth-order valence-corrected chi connectivity index (χ4v) is 3.43. The van der Waals surface area contributed by atoms with Crippen LogP contribution in [0.2, 0.25) is 0 Å². The first-order chi connectivity index (χ1) is 8.10. The smallest absolute Gasteiger partial charge is 0.135 e. The van der Waals surface area contributed by atoms with E-state index in [1.807, 2.05) is 12.1 Å². The minimum Gasteiger partial charge on any atom is -0.495 e. The second-order valence-corrected chi connectivity index (χ2v) is 6.09. The summed E-state index contributed by atoms with van der Waals surface area (Å²) in [6, 6.07) is 4.80. The number of nitrogens with one attached hydrogen (secondary N) is 1. The van der Waals surface area contributed by atoms with E-state index < -0.39 is 0 Å². The third-order valence-electron chi connectivity index (χ3n) is 3.07. The van der Waals surface area contributed by atoms with Crippen LogP contribution in [0.15, 0.2) is 21.1 Å². The van der Waals surface area contributed by atoms with Gasteiger partial charge in [-0.25, -0.2) is 0 Å². The molecule has 5 heteroatoms. The van der Waals surface area contributed by atoms with E-state index in [9.17, 15) is 0 Å². The van der Waals surface area contributed by atoms with Gasteiger partial charge in [0.25, 0.3) is 0 Å². The summed E-state index contributed by atoms with van der Waals surface area (Å²) in [5.74, 6) is 0.831. The van der Waals surface area contributed by atoms with Gasteiger partial charge in [0.05, 0.1) is 17.3 Å². The van der Waals surface area contributed by atoms with Gasteiger partial charge in [0, 0.05) is 22.6 Å². The number of halogens is 2. The molecule has 0 bridgehead atoms. The van der Waals surface area contributed by atoms with Gasteiger partial charge in [0.15, 0.2) is 0 Å². The van der Waals surface area contributed by atoms with E-state index in [4.69, 9.17) is 10.5 Å². The molecule has 94 valence electrons. The highest BCUT2D eigenvalue weighted by molar-refractivity contribution is 9.11. The molecule has 0 spiro atoms. The maximum Gasteiger partial charge on any atom is 0.135 e. The van der Waals surface area contributed by atoms with Crippen LogP contribution in [0.5, 0.6) is 5.75 Å². The van der Waals surface area contributed by atoms with Crippen molar-refractivity contribution in [3.05, 3.63) is 21.1 Å². The number of methoxy groups -OCH3 is 1. The lowest BCUT2D eigenvalue weighted by Crippen LogP contribution is -2.20. The molecule has 1 aliphatic carbocycles. The van der Waals surface area contributed by atoms with Crippen molar-refractivity contribution in [2.45, 2.75) is 31.3 Å². The first-order valence-electron chi connectivity index (χ1n) is 5.65. The molecule has 2 unspecified atom stereocenters. The van der Waals surface area contributed by atoms with Gasteiger partial charge in [-0.2, -0.15) is 0 Å². The van der Waals surface area contributed by atoms with Crippen LogP contribution in [0.4, 0.5) is 5.69 Å². The molecule has 17 heavy (non-hydrogen) atoms. The zero-order chi connectivity index (χ0) is 12.4. The predicted octanol–water partition coefficient (Wildman–Crippen LogP) is 3.51. The third kappa shape index (κ3) is 3.14. The maximum absolute atomic E-state index is 5.91. The van der Waals surface area contributed by atoms with Crippen LogP contribution in [0.1, 0.15) is 19.3 Å². The summed E-state index contributed by atoms with van der Waals surface area (Å²) >= 11 is 7.01. The van der Waals surface area contributed by atoms with Crippen molar-refractivity contribution in [2.75, 3.05) is 12.4 Å². The standard InChI is InChI=1S/C12H16Br2N2O/c1-17-12-6-11(9(13)5-10(12)14)16-8-3-2-7(15)4-8/h5-8,16H,2-4,15H2,1H3. The summed E-state index contributed by atoms with van der Waals surface area (Å²) < 4.78 is 7.27. The molecule has 0 aliphatic heterocycles. The molecule has 2 rings (SSSR count). The molecular weight excluding hydrogens is 348 g/mol. The second kappa shape index (κ2) is 5.59. The normalized spacial score (nSPS) is 23.8. The first-order valence-corrected chi connectivity index (χ1v) is 7.24. The first kappa shape index (κ1) is 13.2. The van der Waals surface area contributed by atoms with E-state index in [1.54, 1.807) is 7.11 Å². The molecule has 0 amide bonds. The lowest BCUT2D eigenvalue weighted by atomic mass is 10.2. The number of anilines is 1. The van der Waals surface area contributed by atoms with E-state index in [-0.39, 0.29) is 0 Å². The zero-order valence-corrected chi connectivity index (χ0v) is 12.8. The van der Waals surface area contributed by atoms with E-state index in [0.29, 0.717) is 12.1 Å². The monoisotopic (exact) mass is 362 g/mol. The number of rotatable bonds is 3. The Kier molecular flexibility index (Phi) is 4.33. The van der Waals surface area contributed by atoms with Gasteiger partial charge in [-0.1, -0.05) is 0 Å². The van der Waals surface area contributed by atoms with Crippen LogP contribution in [-0.2, 0) is 0 Å². The molecule has 0 heterocycles. The van der Waals surface area contributed by atoms with Gasteiger partial charge in [0.1, 0.15) is 5.75 Å². The lowest BCUT2D eigenvalue weighted by Gasteiger charge is -2.17. The van der Waals surface area contributed by atoms with Gasteiger partial charge in [0.2, 0.25) is 0 Å². The van der Waals surface area contributed by atoms with Gasteiger partial charge in [-0.3, -0.25) is 0 Å². The fraction of sp³-hybridized carbons (Fsp3) is 0.500. The summed E-state index contributed by atoms with van der Waals surface area (Å²) in [5, 5.41) is 3.51. The van der Waals surface area contributed by atoms with Crippen molar-refractivity contribution < 1.29 is 4.74 Å². The summed E-state index contributed by atoms with van der Waals surface area (Å²) in [4.78, 5) is 0. The number of ether oxygens (including phenoxy) is 1. The van der Waals surface area contributed by atoms with Crippen LogP contribution in [0.3, 0.4) is 0 Å². The summed E-state index contributed by atoms with van der Waals surface area (Å²) in [6.45, 7) is 0. The zero-order valence-electron chi connectivity index (χ0n) is 9.67. The molecule has 3 N–H and O–H groups in total. The highest BCUT2D eigenvalue weighted by Crippen LogP contribution is 2.35. The summed E-state index contributed by atoms with van der Waals surface area (Å²) in [6.07, 6.45) is 3.26. The minimum absolute atomic E-state index is 0.337. The van der Waals surface area contributed by atoms with Gasteiger partial charge < -0.3 is 15.8 Å². The van der Waals surface area contributed by atoms with Crippen LogP contribution in [0, 0.1) is 0 Å². The van der Waals surface area contributed by atoms with Crippen LogP contribution in [0.25, 0.3) is 0 Å². The molecule has 1 fully saturated rings. The Hall–Kier alpha value is -0.260. The summed E-state index contributed by atoms with van der Waals surface area (Å²) in [7, 11) is 1.67. The van der Waals surface area contributed by atoms with E-state index in [2.05, 4.69) is 37.2 Å². The molecular formula is C12H16Br2N2O. The lowest BCUT2D eigenvalue weighted by molar-refractivity contribution is 0.412. The van der Waals surface area contributed by atoms with Crippen LogP contribution in [-0.4, -0.2) is 19.2 Å². The van der Waals surface area contributed by atoms with Crippen molar-refractivity contribution in [1.82, 2.24) is 0 Å². The number of benzene rings is 1. The SMILES string of the molecule is COc1cc(NC2CCC(N)C2)c(Br)cc1Br. The molecule has 1 saturated carbocycles. The Morgan fingerprint density at radius 2 is 2.06 bits per heavy atom. The minimum atomic E-state index is 0.337. The van der Waals surface area contributed by atoms with Crippen LogP contribution < -0.4 is 15.8 Å². The number of nitrogens with two attached hydrogens (primary N) is 1. The molecule has 0 radical (unpaired) electrons. The molecule has 0 saturated heterocycles. The Morgan fingerprint density at radius 1 is 1.29 bits per heavy atom. The van der Waals surface area contributed by atoms with Crippen LogP contribution >= 0.6 is 31.9 Å². The second-order valence-electron chi connectivity index (χ2n) is 4.38. The van der Waals surface area contributed by atoms with Gasteiger partial charge in [-0.15, -0.1) is 0 Å². The quantitative estimate of drug-likeness (QED) is 0.863. The van der Waals surface area contributed by atoms with Crippen molar-refractivity contribution in [2.24, 2.45) is 5.73 Å². The topological polar surface area (TPSA) is 47.3 Å². The largest absolute Gasteiger partial charge is 0.495 e. The molecule has 3 nitrogen and oxygen atoms in total. The molecule has 1 aromatic carbocycles. The Morgan fingerprint density at radius 3 is 2.65 bits per heavy atom. The van der Waals surface area contributed by atoms with Crippen molar-refractivity contribution >= 4 is 37.5 Å². The summed E-state index contributed by atoms with van der Waals surface area (Å²) in [5.41, 5.74) is 6.97. The maximum atomic E-state index is 5.91. The Balaban J connectivity index is 2.15. The Bertz CT molecular complexity index is 412. The number of hydrogen-bond donors (Lipinski definition) is 2. The van der Waals surface area contributed by atoms with Crippen molar-refractivity contribution in [3.8, 4) is 5.75 Å². The average Bonchev–Trinajstić information content (AvgIpc) is 2.68. The number of hydrogen-bond acceptors (Lipinski definition) is 3. The average molecular weight is 364 g/mol. The van der Waals surface area contributed by atoms with E-state index in [1.165, 1.54) is 0 Å². The highest BCUT2D eigenvalue weighted by Gasteiger charge is 2.22. The van der Waals surface area contributed by atoms with Crippen molar-refractivity contribution in [3.63, 3.8) is 0 Å². The molecule has 1 aliphatic rings. The molecule has 1 aromatic rings. The molecule has 2 atom stereocenters. The van der Waals surface area contributed by atoms with Gasteiger partial charge >= 0.3 is 0 Å². The Labute approximate surface area is 118 Å². The van der Waals surface area contributed by atoms with Crippen molar-refractivity contribution in [1.29, 1.82) is 0 Å². The van der Waals surface area contributed by atoms with Gasteiger partial charge in [-0.05, 0) is 57.2 Å². The van der Waals surface area contributed by atoms with E-state index >= 15 is 0 Å². The predicted molar refractivity (Wildman–Crippen MR) is 77.6 cm³/mol. The highest BCUT2D eigenvalue weighted by atomic mass is 79.9. The van der Waals surface area contributed by atoms with E-state index in [0.717, 1.165) is 39.6 Å².